The lowest BCUT2D eigenvalue weighted by Gasteiger charge is -2.04. The summed E-state index contributed by atoms with van der Waals surface area (Å²) < 4.78 is 1.29. The standard InChI is InChI=1S/C16H16N2S/c1-2-7-13(8-3-1)17-12-6-11-16-18-14-9-4-5-10-15(14)19-16/h1-5,7-10,17H,6,11-12H2. The maximum Gasteiger partial charge on any atom is 0.0939 e. The van der Waals surface area contributed by atoms with E-state index in [9.17, 15) is 0 Å². The smallest absolute Gasteiger partial charge is 0.0939 e. The quantitative estimate of drug-likeness (QED) is 0.696. The lowest BCUT2D eigenvalue weighted by atomic mass is 10.3. The second kappa shape index (κ2) is 5.85. The summed E-state index contributed by atoms with van der Waals surface area (Å²) in [4.78, 5) is 4.65. The Balaban J connectivity index is 1.52. The van der Waals surface area contributed by atoms with Gasteiger partial charge in [0.15, 0.2) is 0 Å². The van der Waals surface area contributed by atoms with Crippen LogP contribution in [0.15, 0.2) is 54.6 Å². The molecule has 0 aliphatic carbocycles. The molecule has 19 heavy (non-hydrogen) atoms. The fraction of sp³-hybridized carbons (Fsp3) is 0.188. The Hall–Kier alpha value is -1.87. The minimum Gasteiger partial charge on any atom is -0.385 e. The summed E-state index contributed by atoms with van der Waals surface area (Å²) in [5.41, 5.74) is 2.31. The van der Waals surface area contributed by atoms with Crippen LogP contribution in [-0.2, 0) is 6.42 Å². The summed E-state index contributed by atoms with van der Waals surface area (Å²) in [6.07, 6.45) is 2.15. The van der Waals surface area contributed by atoms with Crippen molar-refractivity contribution in [1.29, 1.82) is 0 Å². The van der Waals surface area contributed by atoms with Crippen LogP contribution in [0.25, 0.3) is 10.2 Å². The minimum atomic E-state index is 0.986. The van der Waals surface area contributed by atoms with Crippen LogP contribution in [0.3, 0.4) is 0 Å². The van der Waals surface area contributed by atoms with Gasteiger partial charge in [0.1, 0.15) is 0 Å². The third-order valence-electron chi connectivity index (χ3n) is 3.01. The molecule has 0 spiro atoms. The van der Waals surface area contributed by atoms with Gasteiger partial charge in [-0.2, -0.15) is 0 Å². The molecular formula is C16H16N2S. The van der Waals surface area contributed by atoms with Gasteiger partial charge in [0.25, 0.3) is 0 Å². The van der Waals surface area contributed by atoms with Crippen molar-refractivity contribution < 1.29 is 0 Å². The fourth-order valence-electron chi connectivity index (χ4n) is 2.06. The van der Waals surface area contributed by atoms with Crippen LogP contribution in [0, 0.1) is 0 Å². The molecule has 0 aliphatic rings. The van der Waals surface area contributed by atoms with Gasteiger partial charge in [0.05, 0.1) is 15.2 Å². The number of hydrogen-bond donors (Lipinski definition) is 1. The summed E-state index contributed by atoms with van der Waals surface area (Å²) in [6.45, 7) is 0.986. The van der Waals surface area contributed by atoms with Crippen LogP contribution < -0.4 is 5.32 Å². The third kappa shape index (κ3) is 3.12. The zero-order chi connectivity index (χ0) is 12.9. The van der Waals surface area contributed by atoms with E-state index < -0.39 is 0 Å². The van der Waals surface area contributed by atoms with E-state index in [0.717, 1.165) is 24.9 Å². The molecule has 0 saturated carbocycles. The topological polar surface area (TPSA) is 24.9 Å². The van der Waals surface area contributed by atoms with Gasteiger partial charge in [-0.25, -0.2) is 4.98 Å². The summed E-state index contributed by atoms with van der Waals surface area (Å²) in [5, 5.41) is 4.66. The molecule has 0 radical (unpaired) electrons. The Morgan fingerprint density at radius 2 is 1.74 bits per heavy atom. The van der Waals surface area contributed by atoms with Crippen molar-refractivity contribution in [1.82, 2.24) is 4.98 Å². The highest BCUT2D eigenvalue weighted by Gasteiger charge is 2.02. The number of nitrogens with one attached hydrogen (secondary N) is 1. The molecule has 0 aliphatic heterocycles. The number of rotatable bonds is 5. The van der Waals surface area contributed by atoms with Gasteiger partial charge in [0, 0.05) is 18.7 Å². The van der Waals surface area contributed by atoms with Gasteiger partial charge in [-0.05, 0) is 30.7 Å². The molecule has 0 fully saturated rings. The normalized spacial score (nSPS) is 10.7. The number of aryl methyl sites for hydroxylation is 1. The van der Waals surface area contributed by atoms with Crippen molar-refractivity contribution in [2.45, 2.75) is 12.8 Å². The number of para-hydroxylation sites is 2. The van der Waals surface area contributed by atoms with Crippen molar-refractivity contribution in [3.05, 3.63) is 59.6 Å². The molecule has 96 valence electrons. The van der Waals surface area contributed by atoms with E-state index in [-0.39, 0.29) is 0 Å². The molecule has 0 unspecified atom stereocenters. The van der Waals surface area contributed by atoms with E-state index in [2.05, 4.69) is 52.8 Å². The first-order valence-corrected chi connectivity index (χ1v) is 7.37. The molecule has 3 aromatic rings. The first-order chi connectivity index (χ1) is 9.42. The van der Waals surface area contributed by atoms with E-state index in [1.807, 2.05) is 12.1 Å². The summed E-state index contributed by atoms with van der Waals surface area (Å²) in [7, 11) is 0. The molecule has 1 heterocycles. The molecule has 0 saturated heterocycles. The Labute approximate surface area is 117 Å². The number of thiazole rings is 1. The Morgan fingerprint density at radius 1 is 0.947 bits per heavy atom. The Kier molecular flexibility index (Phi) is 3.75. The number of fused-ring (bicyclic) bond motifs is 1. The average molecular weight is 268 g/mol. The first-order valence-electron chi connectivity index (χ1n) is 6.55. The highest BCUT2D eigenvalue weighted by atomic mass is 32.1. The highest BCUT2D eigenvalue weighted by molar-refractivity contribution is 7.18. The molecule has 3 rings (SSSR count). The summed E-state index contributed by atoms with van der Waals surface area (Å²) >= 11 is 1.80. The van der Waals surface area contributed by atoms with Gasteiger partial charge in [-0.3, -0.25) is 0 Å². The molecule has 1 aromatic heterocycles. The van der Waals surface area contributed by atoms with Crippen LogP contribution >= 0.6 is 11.3 Å². The van der Waals surface area contributed by atoms with E-state index >= 15 is 0 Å². The number of hydrogen-bond acceptors (Lipinski definition) is 3. The molecule has 0 atom stereocenters. The molecule has 0 amide bonds. The van der Waals surface area contributed by atoms with Crippen LogP contribution in [-0.4, -0.2) is 11.5 Å². The largest absolute Gasteiger partial charge is 0.385 e. The maximum absolute atomic E-state index is 4.65. The molecule has 0 bridgehead atoms. The zero-order valence-corrected chi connectivity index (χ0v) is 11.5. The van der Waals surface area contributed by atoms with E-state index in [4.69, 9.17) is 0 Å². The van der Waals surface area contributed by atoms with Crippen LogP contribution in [0.1, 0.15) is 11.4 Å². The number of benzene rings is 2. The van der Waals surface area contributed by atoms with Crippen LogP contribution in [0.4, 0.5) is 5.69 Å². The average Bonchev–Trinajstić information content (AvgIpc) is 2.87. The Bertz CT molecular complexity index is 613. The molecule has 1 N–H and O–H groups in total. The first kappa shape index (κ1) is 12.2. The maximum atomic E-state index is 4.65. The minimum absolute atomic E-state index is 0.986. The second-order valence-corrected chi connectivity index (χ2v) is 5.59. The zero-order valence-electron chi connectivity index (χ0n) is 10.7. The molecule has 2 aromatic carbocycles. The Morgan fingerprint density at radius 3 is 2.58 bits per heavy atom. The number of anilines is 1. The van der Waals surface area contributed by atoms with Crippen molar-refractivity contribution in [3.8, 4) is 0 Å². The molecule has 2 nitrogen and oxygen atoms in total. The number of aromatic nitrogens is 1. The molecular weight excluding hydrogens is 252 g/mol. The summed E-state index contributed by atoms with van der Waals surface area (Å²) in [5.74, 6) is 0. The predicted octanol–water partition coefficient (Wildman–Crippen LogP) is 4.34. The van der Waals surface area contributed by atoms with Crippen molar-refractivity contribution in [2.75, 3.05) is 11.9 Å². The van der Waals surface area contributed by atoms with Crippen LogP contribution in [0.5, 0.6) is 0 Å². The SMILES string of the molecule is c1ccc(NCCCc2nc3ccccc3s2)cc1. The van der Waals surface area contributed by atoms with Gasteiger partial charge >= 0.3 is 0 Å². The van der Waals surface area contributed by atoms with Crippen molar-refractivity contribution in [3.63, 3.8) is 0 Å². The third-order valence-corrected chi connectivity index (χ3v) is 4.10. The predicted molar refractivity (Wildman–Crippen MR) is 82.9 cm³/mol. The van der Waals surface area contributed by atoms with Gasteiger partial charge in [-0.1, -0.05) is 30.3 Å². The van der Waals surface area contributed by atoms with E-state index in [1.54, 1.807) is 11.3 Å². The van der Waals surface area contributed by atoms with Crippen molar-refractivity contribution in [2.24, 2.45) is 0 Å². The van der Waals surface area contributed by atoms with Gasteiger partial charge < -0.3 is 5.32 Å². The van der Waals surface area contributed by atoms with E-state index in [0.29, 0.717) is 0 Å². The monoisotopic (exact) mass is 268 g/mol. The highest BCUT2D eigenvalue weighted by Crippen LogP contribution is 2.22. The fourth-order valence-corrected chi connectivity index (χ4v) is 3.06. The van der Waals surface area contributed by atoms with Crippen LogP contribution in [0.2, 0.25) is 0 Å². The second-order valence-electron chi connectivity index (χ2n) is 4.47. The summed E-state index contributed by atoms with van der Waals surface area (Å²) in [6, 6.07) is 18.7. The lowest BCUT2D eigenvalue weighted by molar-refractivity contribution is 0.857. The van der Waals surface area contributed by atoms with Gasteiger partial charge in [-0.15, -0.1) is 11.3 Å². The molecule has 3 heteroatoms. The van der Waals surface area contributed by atoms with Crippen molar-refractivity contribution >= 4 is 27.2 Å². The van der Waals surface area contributed by atoms with Gasteiger partial charge in [0.2, 0.25) is 0 Å². The lowest BCUT2D eigenvalue weighted by Crippen LogP contribution is -2.02. The number of nitrogens with zero attached hydrogens (tertiary/aromatic N) is 1. The van der Waals surface area contributed by atoms with E-state index in [1.165, 1.54) is 15.4 Å².